The largest absolute Gasteiger partial charge is 0.508 e. The Morgan fingerprint density at radius 3 is 2.65 bits per heavy atom. The van der Waals surface area contributed by atoms with E-state index >= 15 is 0 Å². The van der Waals surface area contributed by atoms with Crippen LogP contribution in [-0.4, -0.2) is 23.5 Å². The highest BCUT2D eigenvalue weighted by Gasteiger charge is 2.11. The number of phenols is 1. The fourth-order valence-corrected chi connectivity index (χ4v) is 2.05. The molecule has 0 bridgehead atoms. The molecule has 0 saturated heterocycles. The minimum absolute atomic E-state index is 0.142. The molecule has 0 fully saturated rings. The van der Waals surface area contributed by atoms with Gasteiger partial charge in [0.25, 0.3) is 5.91 Å². The third-order valence-corrected chi connectivity index (χ3v) is 3.24. The van der Waals surface area contributed by atoms with Gasteiger partial charge in [-0.3, -0.25) is 9.59 Å². The first-order chi connectivity index (χ1) is 11.0. The molecule has 0 heterocycles. The van der Waals surface area contributed by atoms with Crippen LogP contribution in [0.3, 0.4) is 0 Å². The summed E-state index contributed by atoms with van der Waals surface area (Å²) in [5.41, 5.74) is 6.29. The Kier molecular flexibility index (Phi) is 5.19. The number of hydrogen-bond acceptors (Lipinski definition) is 4. The van der Waals surface area contributed by atoms with Gasteiger partial charge in [-0.05, 0) is 42.8 Å². The topological polar surface area (TPSA) is 102 Å². The average molecular weight is 314 g/mol. The Morgan fingerprint density at radius 2 is 1.96 bits per heavy atom. The van der Waals surface area contributed by atoms with Gasteiger partial charge in [0.2, 0.25) is 5.91 Å². The molecule has 2 aromatic carbocycles. The fourth-order valence-electron chi connectivity index (χ4n) is 2.05. The summed E-state index contributed by atoms with van der Waals surface area (Å²) in [6, 6.07) is 12.7. The Labute approximate surface area is 133 Å². The van der Waals surface area contributed by atoms with Gasteiger partial charge in [0.1, 0.15) is 11.5 Å². The summed E-state index contributed by atoms with van der Waals surface area (Å²) in [6.45, 7) is 1.62. The van der Waals surface area contributed by atoms with Crippen LogP contribution in [0.2, 0.25) is 0 Å². The van der Waals surface area contributed by atoms with Crippen molar-refractivity contribution in [2.45, 2.75) is 13.0 Å². The van der Waals surface area contributed by atoms with Crippen LogP contribution in [-0.2, 0) is 4.79 Å². The maximum Gasteiger partial charge on any atom is 0.258 e. The van der Waals surface area contributed by atoms with E-state index in [9.17, 15) is 14.7 Å². The summed E-state index contributed by atoms with van der Waals surface area (Å²) in [5, 5.41) is 12.2. The fraction of sp³-hybridized carbons (Fsp3) is 0.176. The zero-order valence-corrected chi connectivity index (χ0v) is 12.7. The summed E-state index contributed by atoms with van der Waals surface area (Å²) < 4.78 is 5.35. The smallest absolute Gasteiger partial charge is 0.258 e. The SMILES string of the molecule is C[C@@H](NC(=O)COc1cccc(C(N)=O)c1)c1cccc(O)c1. The van der Waals surface area contributed by atoms with Gasteiger partial charge in [0.15, 0.2) is 6.61 Å². The quantitative estimate of drug-likeness (QED) is 0.756. The lowest BCUT2D eigenvalue weighted by Crippen LogP contribution is -2.31. The zero-order valence-electron chi connectivity index (χ0n) is 12.7. The van der Waals surface area contributed by atoms with Crippen molar-refractivity contribution in [1.82, 2.24) is 5.32 Å². The van der Waals surface area contributed by atoms with Crippen molar-refractivity contribution < 1.29 is 19.4 Å². The molecule has 0 radical (unpaired) electrons. The number of hydrogen-bond donors (Lipinski definition) is 3. The van der Waals surface area contributed by atoms with Crippen LogP contribution in [0.4, 0.5) is 0 Å². The molecular weight excluding hydrogens is 296 g/mol. The lowest BCUT2D eigenvalue weighted by atomic mass is 10.1. The van der Waals surface area contributed by atoms with E-state index in [1.54, 1.807) is 43.3 Å². The van der Waals surface area contributed by atoms with Gasteiger partial charge in [0, 0.05) is 5.56 Å². The van der Waals surface area contributed by atoms with Crippen LogP contribution in [0.25, 0.3) is 0 Å². The molecule has 0 aromatic heterocycles. The number of carbonyl (C=O) groups excluding carboxylic acids is 2. The third kappa shape index (κ3) is 4.74. The molecule has 0 spiro atoms. The lowest BCUT2D eigenvalue weighted by molar-refractivity contribution is -0.123. The molecular formula is C17H18N2O4. The number of aromatic hydroxyl groups is 1. The van der Waals surface area contributed by atoms with E-state index in [0.29, 0.717) is 11.3 Å². The van der Waals surface area contributed by atoms with Crippen molar-refractivity contribution in [2.75, 3.05) is 6.61 Å². The second kappa shape index (κ2) is 7.31. The molecule has 4 N–H and O–H groups in total. The first-order valence-electron chi connectivity index (χ1n) is 7.06. The van der Waals surface area contributed by atoms with Gasteiger partial charge in [-0.2, -0.15) is 0 Å². The van der Waals surface area contributed by atoms with Gasteiger partial charge >= 0.3 is 0 Å². The minimum atomic E-state index is -0.558. The molecule has 0 unspecified atom stereocenters. The second-order valence-corrected chi connectivity index (χ2v) is 5.06. The predicted octanol–water partition coefficient (Wildman–Crippen LogP) is 1.75. The maximum absolute atomic E-state index is 11.9. The molecule has 23 heavy (non-hydrogen) atoms. The predicted molar refractivity (Wildman–Crippen MR) is 85.1 cm³/mol. The van der Waals surface area contributed by atoms with Crippen LogP contribution >= 0.6 is 0 Å². The standard InChI is InChI=1S/C17H18N2O4/c1-11(12-4-2-6-14(20)8-12)19-16(21)10-23-15-7-3-5-13(9-15)17(18)22/h2-9,11,20H,10H2,1H3,(H2,18,22)(H,19,21)/t11-/m1/s1. The first kappa shape index (κ1) is 16.4. The Bertz CT molecular complexity index is 715. The highest BCUT2D eigenvalue weighted by Crippen LogP contribution is 2.18. The van der Waals surface area contributed by atoms with E-state index in [2.05, 4.69) is 5.32 Å². The number of benzene rings is 2. The van der Waals surface area contributed by atoms with Crippen LogP contribution < -0.4 is 15.8 Å². The van der Waals surface area contributed by atoms with Crippen LogP contribution in [0.15, 0.2) is 48.5 Å². The van der Waals surface area contributed by atoms with Gasteiger partial charge in [0.05, 0.1) is 6.04 Å². The van der Waals surface area contributed by atoms with Crippen molar-refractivity contribution in [2.24, 2.45) is 5.73 Å². The van der Waals surface area contributed by atoms with Gasteiger partial charge in [-0.1, -0.05) is 18.2 Å². The molecule has 0 saturated carbocycles. The van der Waals surface area contributed by atoms with Crippen molar-refractivity contribution in [3.05, 3.63) is 59.7 Å². The number of amides is 2. The zero-order chi connectivity index (χ0) is 16.8. The average Bonchev–Trinajstić information content (AvgIpc) is 2.53. The van der Waals surface area contributed by atoms with E-state index in [-0.39, 0.29) is 24.3 Å². The van der Waals surface area contributed by atoms with Crippen LogP contribution in [0, 0.1) is 0 Å². The third-order valence-electron chi connectivity index (χ3n) is 3.24. The Hall–Kier alpha value is -3.02. The van der Waals surface area contributed by atoms with Gasteiger partial charge in [-0.25, -0.2) is 0 Å². The molecule has 2 amide bonds. The summed E-state index contributed by atoms with van der Waals surface area (Å²) in [7, 11) is 0. The van der Waals surface area contributed by atoms with E-state index in [4.69, 9.17) is 10.5 Å². The summed E-state index contributed by atoms with van der Waals surface area (Å²) in [4.78, 5) is 23.0. The second-order valence-electron chi connectivity index (χ2n) is 5.06. The summed E-state index contributed by atoms with van der Waals surface area (Å²) in [5.74, 6) is -0.340. The number of carbonyl (C=O) groups is 2. The minimum Gasteiger partial charge on any atom is -0.508 e. The molecule has 1 atom stereocenters. The number of primary amides is 1. The normalized spacial score (nSPS) is 11.5. The van der Waals surface area contributed by atoms with Crippen molar-refractivity contribution in [3.8, 4) is 11.5 Å². The number of rotatable bonds is 6. The van der Waals surface area contributed by atoms with Crippen LogP contribution in [0.5, 0.6) is 11.5 Å². The monoisotopic (exact) mass is 314 g/mol. The van der Waals surface area contributed by atoms with Crippen molar-refractivity contribution >= 4 is 11.8 Å². The van der Waals surface area contributed by atoms with E-state index in [0.717, 1.165) is 5.56 Å². The first-order valence-corrected chi connectivity index (χ1v) is 7.06. The molecule has 6 nitrogen and oxygen atoms in total. The van der Waals surface area contributed by atoms with Crippen LogP contribution in [0.1, 0.15) is 28.9 Å². The molecule has 2 rings (SSSR count). The Morgan fingerprint density at radius 1 is 1.22 bits per heavy atom. The molecule has 2 aromatic rings. The highest BCUT2D eigenvalue weighted by molar-refractivity contribution is 5.93. The Balaban J connectivity index is 1.90. The number of nitrogens with two attached hydrogens (primary N) is 1. The van der Waals surface area contributed by atoms with Gasteiger partial charge < -0.3 is 20.9 Å². The van der Waals surface area contributed by atoms with Crippen molar-refractivity contribution in [1.29, 1.82) is 0 Å². The molecule has 0 aliphatic carbocycles. The van der Waals surface area contributed by atoms with Crippen molar-refractivity contribution in [3.63, 3.8) is 0 Å². The van der Waals surface area contributed by atoms with E-state index in [1.165, 1.54) is 6.07 Å². The van der Waals surface area contributed by atoms with E-state index in [1.807, 2.05) is 6.07 Å². The summed E-state index contributed by atoms with van der Waals surface area (Å²) >= 11 is 0. The number of nitrogens with one attached hydrogen (secondary N) is 1. The molecule has 120 valence electrons. The molecule has 0 aliphatic rings. The lowest BCUT2D eigenvalue weighted by Gasteiger charge is -2.15. The van der Waals surface area contributed by atoms with Gasteiger partial charge in [-0.15, -0.1) is 0 Å². The molecule has 0 aliphatic heterocycles. The summed E-state index contributed by atoms with van der Waals surface area (Å²) in [6.07, 6.45) is 0. The highest BCUT2D eigenvalue weighted by atomic mass is 16.5. The molecule has 6 heteroatoms. The number of phenolic OH excluding ortho intramolecular Hbond substituents is 1. The number of ether oxygens (including phenoxy) is 1. The maximum atomic E-state index is 11.9. The van der Waals surface area contributed by atoms with E-state index < -0.39 is 5.91 Å².